The fourth-order valence-electron chi connectivity index (χ4n) is 2.73. The van der Waals surface area contributed by atoms with Crippen LogP contribution in [-0.4, -0.2) is 42.5 Å². The molecule has 1 fully saturated rings. The quantitative estimate of drug-likeness (QED) is 0.778. The van der Waals surface area contributed by atoms with Gasteiger partial charge in [-0.25, -0.2) is 0 Å². The smallest absolute Gasteiger partial charge is 0.0991 e. The lowest BCUT2D eigenvalue weighted by Gasteiger charge is -2.21. The Kier molecular flexibility index (Phi) is 6.22. The Morgan fingerprint density at radius 1 is 0.952 bits per heavy atom. The molecule has 0 unspecified atom stereocenters. The predicted octanol–water partition coefficient (Wildman–Crippen LogP) is 2.37. The maximum atomic E-state index is 8.82. The molecular weight excluding hydrogens is 260 g/mol. The van der Waals surface area contributed by atoms with Gasteiger partial charge in [-0.05, 0) is 50.2 Å². The van der Waals surface area contributed by atoms with E-state index in [0.717, 1.165) is 51.3 Å². The summed E-state index contributed by atoms with van der Waals surface area (Å²) in [5.74, 6) is 0. The number of nitrogens with zero attached hydrogens (tertiary/aromatic N) is 4. The molecule has 4 nitrogen and oxygen atoms in total. The van der Waals surface area contributed by atoms with Crippen LogP contribution >= 0.6 is 0 Å². The average Bonchev–Trinajstić information content (AvgIpc) is 2.74. The molecule has 1 aliphatic heterocycles. The van der Waals surface area contributed by atoms with Crippen molar-refractivity contribution in [3.8, 4) is 12.1 Å². The van der Waals surface area contributed by atoms with E-state index in [9.17, 15) is 0 Å². The third-order valence-corrected chi connectivity index (χ3v) is 3.93. The van der Waals surface area contributed by atoms with E-state index < -0.39 is 0 Å². The van der Waals surface area contributed by atoms with Gasteiger partial charge in [0.15, 0.2) is 0 Å². The zero-order valence-electron chi connectivity index (χ0n) is 12.5. The first-order valence-corrected chi connectivity index (χ1v) is 7.62. The monoisotopic (exact) mass is 282 g/mol. The number of rotatable bonds is 5. The molecule has 21 heavy (non-hydrogen) atoms. The van der Waals surface area contributed by atoms with E-state index in [1.165, 1.54) is 12.0 Å². The fraction of sp³-hybridized carbons (Fsp3) is 0.529. The summed E-state index contributed by atoms with van der Waals surface area (Å²) in [6, 6.07) is 12.2. The first kappa shape index (κ1) is 15.5. The average molecular weight is 282 g/mol. The van der Waals surface area contributed by atoms with E-state index in [4.69, 9.17) is 10.5 Å². The number of benzene rings is 1. The van der Waals surface area contributed by atoms with Gasteiger partial charge in [0.05, 0.1) is 17.7 Å². The molecule has 0 atom stereocenters. The van der Waals surface area contributed by atoms with Crippen molar-refractivity contribution < 1.29 is 0 Å². The van der Waals surface area contributed by atoms with E-state index in [-0.39, 0.29) is 0 Å². The SMILES string of the molecule is N#CCCCN1CCCN(Cc2ccc(C#N)cc2)CC1. The Morgan fingerprint density at radius 2 is 1.67 bits per heavy atom. The zero-order valence-corrected chi connectivity index (χ0v) is 12.5. The summed E-state index contributed by atoms with van der Waals surface area (Å²) in [5, 5.41) is 17.4. The van der Waals surface area contributed by atoms with E-state index in [1.807, 2.05) is 24.3 Å². The number of unbranched alkanes of at least 4 members (excludes halogenated alkanes) is 1. The van der Waals surface area contributed by atoms with Gasteiger partial charge in [0.25, 0.3) is 0 Å². The molecule has 0 N–H and O–H groups in total. The van der Waals surface area contributed by atoms with Crippen LogP contribution < -0.4 is 0 Å². The van der Waals surface area contributed by atoms with E-state index in [1.54, 1.807) is 0 Å². The molecule has 0 radical (unpaired) electrons. The molecule has 2 rings (SSSR count). The van der Waals surface area contributed by atoms with Gasteiger partial charge in [-0.3, -0.25) is 4.90 Å². The first-order chi connectivity index (χ1) is 10.3. The van der Waals surface area contributed by atoms with Crippen molar-refractivity contribution in [3.63, 3.8) is 0 Å². The van der Waals surface area contributed by atoms with E-state index in [0.29, 0.717) is 6.42 Å². The lowest BCUT2D eigenvalue weighted by molar-refractivity contribution is 0.250. The van der Waals surface area contributed by atoms with Crippen LogP contribution in [0.25, 0.3) is 0 Å². The van der Waals surface area contributed by atoms with Gasteiger partial charge in [-0.2, -0.15) is 10.5 Å². The standard InChI is InChI=1S/C17H22N4/c18-8-1-2-9-20-10-3-11-21(13-12-20)15-17-6-4-16(14-19)5-7-17/h4-7H,1-3,9-13,15H2. The Balaban J connectivity index is 1.80. The summed E-state index contributed by atoms with van der Waals surface area (Å²) in [6.07, 6.45) is 2.82. The lowest BCUT2D eigenvalue weighted by Crippen LogP contribution is -2.31. The van der Waals surface area contributed by atoms with E-state index in [2.05, 4.69) is 21.9 Å². The van der Waals surface area contributed by atoms with Crippen molar-refractivity contribution in [2.45, 2.75) is 25.8 Å². The van der Waals surface area contributed by atoms with Crippen LogP contribution in [0.1, 0.15) is 30.4 Å². The molecule has 1 saturated heterocycles. The van der Waals surface area contributed by atoms with Gasteiger partial charge < -0.3 is 4.90 Å². The van der Waals surface area contributed by atoms with Crippen LogP contribution in [0.15, 0.2) is 24.3 Å². The van der Waals surface area contributed by atoms with Crippen LogP contribution in [0, 0.1) is 22.7 Å². The van der Waals surface area contributed by atoms with Crippen molar-refractivity contribution >= 4 is 0 Å². The summed E-state index contributed by atoms with van der Waals surface area (Å²) in [7, 11) is 0. The second kappa shape index (κ2) is 8.42. The Labute approximate surface area is 127 Å². The van der Waals surface area contributed by atoms with Crippen molar-refractivity contribution in [1.82, 2.24) is 9.80 Å². The van der Waals surface area contributed by atoms with Gasteiger partial charge >= 0.3 is 0 Å². The summed E-state index contributed by atoms with van der Waals surface area (Å²) < 4.78 is 0. The Hall–Kier alpha value is -1.88. The molecule has 0 saturated carbocycles. The highest BCUT2D eigenvalue weighted by atomic mass is 15.2. The zero-order chi connectivity index (χ0) is 14.9. The summed E-state index contributed by atoms with van der Waals surface area (Å²) in [4.78, 5) is 4.95. The maximum absolute atomic E-state index is 8.82. The largest absolute Gasteiger partial charge is 0.302 e. The van der Waals surface area contributed by atoms with Gasteiger partial charge in [0.1, 0.15) is 0 Å². The third kappa shape index (κ3) is 5.19. The maximum Gasteiger partial charge on any atom is 0.0991 e. The van der Waals surface area contributed by atoms with Gasteiger partial charge in [0, 0.05) is 26.1 Å². The molecule has 1 aromatic rings. The molecule has 1 heterocycles. The highest BCUT2D eigenvalue weighted by Gasteiger charge is 2.14. The summed E-state index contributed by atoms with van der Waals surface area (Å²) >= 11 is 0. The normalized spacial score (nSPS) is 16.9. The molecule has 0 spiro atoms. The molecule has 0 aliphatic carbocycles. The van der Waals surface area contributed by atoms with Crippen molar-refractivity contribution in [2.24, 2.45) is 0 Å². The van der Waals surface area contributed by atoms with Crippen LogP contribution in [0.2, 0.25) is 0 Å². The molecule has 0 amide bonds. The van der Waals surface area contributed by atoms with Crippen LogP contribution in [-0.2, 0) is 6.54 Å². The topological polar surface area (TPSA) is 54.1 Å². The minimum atomic E-state index is 0.658. The minimum absolute atomic E-state index is 0.658. The molecule has 0 bridgehead atoms. The number of nitriles is 2. The second-order valence-electron chi connectivity index (χ2n) is 5.54. The molecule has 1 aromatic carbocycles. The highest BCUT2D eigenvalue weighted by Crippen LogP contribution is 2.10. The van der Waals surface area contributed by atoms with Crippen LogP contribution in [0.4, 0.5) is 0 Å². The highest BCUT2D eigenvalue weighted by molar-refractivity contribution is 5.31. The van der Waals surface area contributed by atoms with Crippen LogP contribution in [0.5, 0.6) is 0 Å². The molecule has 1 aliphatic rings. The van der Waals surface area contributed by atoms with Crippen LogP contribution in [0.3, 0.4) is 0 Å². The predicted molar refractivity (Wildman–Crippen MR) is 82.3 cm³/mol. The lowest BCUT2D eigenvalue weighted by atomic mass is 10.1. The first-order valence-electron chi connectivity index (χ1n) is 7.62. The number of hydrogen-bond acceptors (Lipinski definition) is 4. The van der Waals surface area contributed by atoms with Crippen molar-refractivity contribution in [1.29, 1.82) is 10.5 Å². The number of hydrogen-bond donors (Lipinski definition) is 0. The third-order valence-electron chi connectivity index (χ3n) is 3.93. The second-order valence-corrected chi connectivity index (χ2v) is 5.54. The summed E-state index contributed by atoms with van der Waals surface area (Å²) in [5.41, 5.74) is 1.99. The van der Waals surface area contributed by atoms with Gasteiger partial charge in [0.2, 0.25) is 0 Å². The molecule has 0 aromatic heterocycles. The van der Waals surface area contributed by atoms with E-state index >= 15 is 0 Å². The van der Waals surface area contributed by atoms with Gasteiger partial charge in [-0.1, -0.05) is 12.1 Å². The van der Waals surface area contributed by atoms with Crippen molar-refractivity contribution in [3.05, 3.63) is 35.4 Å². The summed E-state index contributed by atoms with van der Waals surface area (Å²) in [6.45, 7) is 6.41. The minimum Gasteiger partial charge on any atom is -0.302 e. The Morgan fingerprint density at radius 3 is 2.38 bits per heavy atom. The van der Waals surface area contributed by atoms with Crippen molar-refractivity contribution in [2.75, 3.05) is 32.7 Å². The van der Waals surface area contributed by atoms with Gasteiger partial charge in [-0.15, -0.1) is 0 Å². The Bertz CT molecular complexity index is 509. The molecular formula is C17H22N4. The fourth-order valence-corrected chi connectivity index (χ4v) is 2.73. The molecule has 4 heteroatoms. The molecule has 110 valence electrons.